The van der Waals surface area contributed by atoms with E-state index in [0.29, 0.717) is 18.0 Å². The van der Waals surface area contributed by atoms with E-state index < -0.39 is 28.5 Å². The maximum Gasteiger partial charge on any atom is 0.264 e. The number of para-hydroxylation sites is 1. The average Bonchev–Trinajstić information content (AvgIpc) is 3.12. The van der Waals surface area contributed by atoms with Crippen LogP contribution in [0.3, 0.4) is 0 Å². The molecule has 4 rings (SSSR count). The first-order valence-corrected chi connectivity index (χ1v) is 17.2. The van der Waals surface area contributed by atoms with Gasteiger partial charge in [0.2, 0.25) is 11.8 Å². The molecule has 4 aromatic carbocycles. The number of carbonyl (C=O) groups excluding carboxylic acids is 2. The van der Waals surface area contributed by atoms with Crippen molar-refractivity contribution < 1.29 is 32.2 Å². The van der Waals surface area contributed by atoms with Crippen molar-refractivity contribution in [3.05, 3.63) is 114 Å². The van der Waals surface area contributed by atoms with E-state index in [2.05, 4.69) is 5.32 Å². The molecule has 48 heavy (non-hydrogen) atoms. The normalized spacial score (nSPS) is 11.7. The molecule has 0 aliphatic carbocycles. The number of sulfonamides is 1. The van der Waals surface area contributed by atoms with E-state index in [-0.39, 0.29) is 35.2 Å². The fourth-order valence-corrected chi connectivity index (χ4v) is 6.68. The first-order valence-electron chi connectivity index (χ1n) is 15.8. The molecule has 11 heteroatoms. The number of anilines is 1. The lowest BCUT2D eigenvalue weighted by atomic mass is 10.0. The summed E-state index contributed by atoms with van der Waals surface area (Å²) in [5, 5.41) is 3.00. The summed E-state index contributed by atoms with van der Waals surface area (Å²) in [6, 6.07) is 28.4. The van der Waals surface area contributed by atoms with Gasteiger partial charge in [0.25, 0.3) is 10.0 Å². The molecule has 1 atom stereocenters. The van der Waals surface area contributed by atoms with E-state index in [1.807, 2.05) is 49.4 Å². The number of amides is 2. The Morgan fingerprint density at radius 3 is 2.08 bits per heavy atom. The fourth-order valence-electron chi connectivity index (χ4n) is 5.25. The van der Waals surface area contributed by atoms with E-state index in [9.17, 15) is 18.0 Å². The van der Waals surface area contributed by atoms with Crippen molar-refractivity contribution in [1.29, 1.82) is 0 Å². The minimum atomic E-state index is -4.32. The summed E-state index contributed by atoms with van der Waals surface area (Å²) in [6.07, 6.45) is 1.89. The van der Waals surface area contributed by atoms with E-state index in [1.54, 1.807) is 49.6 Å². The van der Waals surface area contributed by atoms with Gasteiger partial charge in [-0.15, -0.1) is 0 Å². The summed E-state index contributed by atoms with van der Waals surface area (Å²) in [5.41, 5.74) is 1.86. The van der Waals surface area contributed by atoms with Crippen LogP contribution < -0.4 is 23.8 Å². The highest BCUT2D eigenvalue weighted by Gasteiger charge is 2.35. The molecular formula is C37H43N3O7S. The van der Waals surface area contributed by atoms with Gasteiger partial charge in [0.15, 0.2) is 11.5 Å². The summed E-state index contributed by atoms with van der Waals surface area (Å²) >= 11 is 0. The Morgan fingerprint density at radius 2 is 1.44 bits per heavy atom. The van der Waals surface area contributed by atoms with Crippen LogP contribution in [-0.4, -0.2) is 65.6 Å². The first-order chi connectivity index (χ1) is 23.2. The molecule has 0 radical (unpaired) electrons. The van der Waals surface area contributed by atoms with Crippen molar-refractivity contribution in [2.45, 2.75) is 43.7 Å². The molecule has 254 valence electrons. The molecule has 0 spiro atoms. The third kappa shape index (κ3) is 9.07. The lowest BCUT2D eigenvalue weighted by molar-refractivity contribution is -0.140. The highest BCUT2D eigenvalue weighted by Crippen LogP contribution is 2.32. The average molecular weight is 674 g/mol. The molecule has 0 aliphatic heterocycles. The lowest BCUT2D eigenvalue weighted by Gasteiger charge is -2.34. The quantitative estimate of drug-likeness (QED) is 0.148. The lowest BCUT2D eigenvalue weighted by Crippen LogP contribution is -2.53. The Morgan fingerprint density at radius 1 is 0.771 bits per heavy atom. The minimum absolute atomic E-state index is 0.0355. The molecule has 10 nitrogen and oxygen atoms in total. The third-order valence-electron chi connectivity index (χ3n) is 7.85. The first kappa shape index (κ1) is 35.8. The second-order valence-electron chi connectivity index (χ2n) is 11.1. The molecular weight excluding hydrogens is 630 g/mol. The van der Waals surface area contributed by atoms with Gasteiger partial charge in [0.05, 0.1) is 31.9 Å². The largest absolute Gasteiger partial charge is 0.497 e. The maximum atomic E-state index is 14.6. The number of carbonyl (C=O) groups is 2. The molecule has 1 unspecified atom stereocenters. The molecule has 0 aromatic heterocycles. The molecule has 0 aliphatic rings. The highest BCUT2D eigenvalue weighted by molar-refractivity contribution is 7.92. The van der Waals surface area contributed by atoms with Crippen LogP contribution in [0.15, 0.2) is 108 Å². The Balaban J connectivity index is 1.80. The van der Waals surface area contributed by atoms with Crippen LogP contribution >= 0.6 is 0 Å². The number of ether oxygens (including phenoxy) is 3. The summed E-state index contributed by atoms with van der Waals surface area (Å²) in [4.78, 5) is 29.9. The van der Waals surface area contributed by atoms with Gasteiger partial charge >= 0.3 is 0 Å². The summed E-state index contributed by atoms with van der Waals surface area (Å²) in [5.74, 6) is 0.300. The SMILES string of the molecule is CCCCNC(=O)C(Cc1ccccc1)N(Cc1cccc(OC)c1)C(=O)CN(c1ccccc1)S(=O)(=O)c1ccc(OC)c(OC)c1. The molecule has 0 saturated heterocycles. The Kier molecular flexibility index (Phi) is 12.8. The maximum absolute atomic E-state index is 14.6. The molecule has 0 heterocycles. The van der Waals surface area contributed by atoms with Crippen LogP contribution in [0, 0.1) is 0 Å². The minimum Gasteiger partial charge on any atom is -0.497 e. The summed E-state index contributed by atoms with van der Waals surface area (Å²) in [7, 11) is 0.116. The summed E-state index contributed by atoms with van der Waals surface area (Å²) < 4.78 is 45.8. The van der Waals surface area contributed by atoms with Crippen molar-refractivity contribution in [3.63, 3.8) is 0 Å². The molecule has 1 N–H and O–H groups in total. The van der Waals surface area contributed by atoms with Crippen molar-refractivity contribution in [2.75, 3.05) is 38.7 Å². The number of rotatable bonds is 17. The van der Waals surface area contributed by atoms with Crippen LogP contribution in [0.2, 0.25) is 0 Å². The van der Waals surface area contributed by atoms with Crippen LogP contribution in [0.4, 0.5) is 5.69 Å². The van der Waals surface area contributed by atoms with Crippen LogP contribution in [-0.2, 0) is 32.6 Å². The number of benzene rings is 4. The second kappa shape index (κ2) is 17.2. The van der Waals surface area contributed by atoms with Gasteiger partial charge in [-0.05, 0) is 53.9 Å². The number of methoxy groups -OCH3 is 3. The Bertz CT molecular complexity index is 1750. The van der Waals surface area contributed by atoms with Gasteiger partial charge in [-0.3, -0.25) is 13.9 Å². The second-order valence-corrected chi connectivity index (χ2v) is 12.9. The van der Waals surface area contributed by atoms with E-state index in [1.165, 1.54) is 37.3 Å². The number of nitrogens with zero attached hydrogens (tertiary/aromatic N) is 2. The molecule has 4 aromatic rings. The van der Waals surface area contributed by atoms with E-state index >= 15 is 0 Å². The highest BCUT2D eigenvalue weighted by atomic mass is 32.2. The smallest absolute Gasteiger partial charge is 0.264 e. The van der Waals surface area contributed by atoms with E-state index in [0.717, 1.165) is 28.3 Å². The van der Waals surface area contributed by atoms with Crippen molar-refractivity contribution in [3.8, 4) is 17.2 Å². The number of hydrogen-bond acceptors (Lipinski definition) is 7. The van der Waals surface area contributed by atoms with Gasteiger partial charge in [-0.25, -0.2) is 8.42 Å². The van der Waals surface area contributed by atoms with Crippen LogP contribution in [0.5, 0.6) is 17.2 Å². The van der Waals surface area contributed by atoms with Gasteiger partial charge in [0, 0.05) is 25.6 Å². The van der Waals surface area contributed by atoms with Gasteiger partial charge < -0.3 is 24.4 Å². The molecule has 0 saturated carbocycles. The van der Waals surface area contributed by atoms with Crippen molar-refractivity contribution in [1.82, 2.24) is 10.2 Å². The van der Waals surface area contributed by atoms with Crippen LogP contribution in [0.1, 0.15) is 30.9 Å². The fraction of sp³-hybridized carbons (Fsp3) is 0.297. The molecule has 2 amide bonds. The predicted molar refractivity (Wildman–Crippen MR) is 186 cm³/mol. The standard InChI is InChI=1S/C37H43N3O7S/c1-5-6-22-38-37(42)33(24-28-14-9-7-10-15-28)39(26-29-16-13-19-31(23-29)45-2)36(41)27-40(30-17-11-8-12-18-30)48(43,44)32-20-21-34(46-3)35(25-32)47-4/h7-21,23,25,33H,5-6,22,24,26-27H2,1-4H3,(H,38,42). The van der Waals surface area contributed by atoms with Gasteiger partial charge in [-0.1, -0.05) is 74.0 Å². The van der Waals surface area contributed by atoms with Crippen molar-refractivity contribution in [2.24, 2.45) is 0 Å². The van der Waals surface area contributed by atoms with Gasteiger partial charge in [0.1, 0.15) is 18.3 Å². The topological polar surface area (TPSA) is 114 Å². The molecule has 0 bridgehead atoms. The zero-order valence-corrected chi connectivity index (χ0v) is 28.6. The zero-order valence-electron chi connectivity index (χ0n) is 27.8. The predicted octanol–water partition coefficient (Wildman–Crippen LogP) is 5.46. The monoisotopic (exact) mass is 673 g/mol. The number of unbranched alkanes of at least 4 members (excludes halogenated alkanes) is 1. The summed E-state index contributed by atoms with van der Waals surface area (Å²) in [6.45, 7) is 1.95. The Hall–Kier alpha value is -5.03. The van der Waals surface area contributed by atoms with Crippen LogP contribution in [0.25, 0.3) is 0 Å². The van der Waals surface area contributed by atoms with Gasteiger partial charge in [-0.2, -0.15) is 0 Å². The number of nitrogens with one attached hydrogen (secondary N) is 1. The molecule has 0 fully saturated rings. The Labute approximate surface area is 283 Å². The third-order valence-corrected chi connectivity index (χ3v) is 9.62. The number of hydrogen-bond donors (Lipinski definition) is 1. The van der Waals surface area contributed by atoms with E-state index in [4.69, 9.17) is 14.2 Å². The zero-order chi connectivity index (χ0) is 34.5. The van der Waals surface area contributed by atoms with Crippen molar-refractivity contribution >= 4 is 27.5 Å².